The largest absolute Gasteiger partial charge is 0.481 e. The predicted molar refractivity (Wildman–Crippen MR) is 79.7 cm³/mol. The summed E-state index contributed by atoms with van der Waals surface area (Å²) in [7, 11) is 0. The second-order valence-corrected chi connectivity index (χ2v) is 5.39. The van der Waals surface area contributed by atoms with Crippen molar-refractivity contribution in [3.63, 3.8) is 0 Å². The monoisotopic (exact) mass is 301 g/mol. The lowest BCUT2D eigenvalue weighted by Crippen LogP contribution is -2.41. The highest BCUT2D eigenvalue weighted by atomic mass is 16.4. The Labute approximate surface area is 125 Å². The highest BCUT2D eigenvalue weighted by Crippen LogP contribution is 2.09. The zero-order valence-corrected chi connectivity index (χ0v) is 12.9. The summed E-state index contributed by atoms with van der Waals surface area (Å²) in [6.45, 7) is 4.07. The van der Waals surface area contributed by atoms with Crippen LogP contribution in [0.15, 0.2) is 0 Å². The van der Waals surface area contributed by atoms with Gasteiger partial charge in [0, 0.05) is 19.0 Å². The maximum absolute atomic E-state index is 11.5. The summed E-state index contributed by atoms with van der Waals surface area (Å²) in [6, 6.07) is -0.246. The molecule has 0 aromatic heterocycles. The topological polar surface area (TPSA) is 122 Å². The first-order chi connectivity index (χ1) is 9.82. The molecule has 0 aromatic rings. The first-order valence-electron chi connectivity index (χ1n) is 7.38. The van der Waals surface area contributed by atoms with Crippen LogP contribution in [-0.4, -0.2) is 35.6 Å². The Bertz CT molecular complexity index is 347. The molecular weight excluding hydrogens is 274 g/mol. The van der Waals surface area contributed by atoms with Gasteiger partial charge in [-0.05, 0) is 32.6 Å². The van der Waals surface area contributed by atoms with Crippen molar-refractivity contribution in [1.82, 2.24) is 10.6 Å². The van der Waals surface area contributed by atoms with E-state index in [1.807, 2.05) is 6.92 Å². The van der Waals surface area contributed by atoms with Gasteiger partial charge in [-0.25, -0.2) is 4.79 Å². The van der Waals surface area contributed by atoms with Crippen molar-refractivity contribution in [2.75, 3.05) is 6.54 Å². The zero-order valence-electron chi connectivity index (χ0n) is 12.9. The number of nitrogens with two attached hydrogens (primary N) is 1. The van der Waals surface area contributed by atoms with Gasteiger partial charge in [0.15, 0.2) is 0 Å². The van der Waals surface area contributed by atoms with Crippen LogP contribution < -0.4 is 16.4 Å². The van der Waals surface area contributed by atoms with E-state index in [0.29, 0.717) is 32.2 Å². The van der Waals surface area contributed by atoms with Crippen LogP contribution in [0.25, 0.3) is 0 Å². The molecule has 21 heavy (non-hydrogen) atoms. The van der Waals surface area contributed by atoms with Gasteiger partial charge in [-0.3, -0.25) is 9.59 Å². The van der Waals surface area contributed by atoms with Gasteiger partial charge in [0.25, 0.3) is 0 Å². The van der Waals surface area contributed by atoms with Gasteiger partial charge in [0.2, 0.25) is 5.91 Å². The van der Waals surface area contributed by atoms with Crippen LogP contribution in [0.2, 0.25) is 0 Å². The van der Waals surface area contributed by atoms with E-state index in [1.54, 1.807) is 6.92 Å². The number of nitrogens with one attached hydrogen (secondary N) is 2. The number of aliphatic carboxylic acids is 1. The Morgan fingerprint density at radius 1 is 1.10 bits per heavy atom. The van der Waals surface area contributed by atoms with Crippen LogP contribution in [0.1, 0.15) is 52.4 Å². The minimum absolute atomic E-state index is 0.00313. The van der Waals surface area contributed by atoms with E-state index < -0.39 is 5.97 Å². The van der Waals surface area contributed by atoms with Crippen LogP contribution in [0, 0.1) is 5.92 Å². The van der Waals surface area contributed by atoms with Crippen LogP contribution in [0.5, 0.6) is 0 Å². The van der Waals surface area contributed by atoms with Crippen molar-refractivity contribution < 1.29 is 19.5 Å². The lowest BCUT2D eigenvalue weighted by molar-refractivity contribution is -0.141. The van der Waals surface area contributed by atoms with E-state index in [-0.39, 0.29) is 23.9 Å². The molecule has 7 nitrogen and oxygen atoms in total. The van der Waals surface area contributed by atoms with Crippen molar-refractivity contribution in [1.29, 1.82) is 0 Å². The Morgan fingerprint density at radius 3 is 2.33 bits per heavy atom. The average Bonchev–Trinajstić information content (AvgIpc) is 2.37. The van der Waals surface area contributed by atoms with Crippen LogP contribution in [0.4, 0.5) is 4.79 Å². The molecule has 0 aromatic carbocycles. The molecule has 0 aliphatic heterocycles. The highest BCUT2D eigenvalue weighted by Gasteiger charge is 2.12. The van der Waals surface area contributed by atoms with E-state index >= 15 is 0 Å². The molecule has 0 aliphatic rings. The summed E-state index contributed by atoms with van der Waals surface area (Å²) < 4.78 is 0. The number of carboxylic acid groups (broad SMARTS) is 1. The van der Waals surface area contributed by atoms with Gasteiger partial charge in [-0.15, -0.1) is 0 Å². The number of primary amides is 1. The Balaban J connectivity index is 3.61. The van der Waals surface area contributed by atoms with Crippen LogP contribution in [-0.2, 0) is 9.59 Å². The second kappa shape index (κ2) is 10.9. The molecule has 2 unspecified atom stereocenters. The summed E-state index contributed by atoms with van der Waals surface area (Å²) >= 11 is 0. The van der Waals surface area contributed by atoms with Crippen molar-refractivity contribution in [3.8, 4) is 0 Å². The van der Waals surface area contributed by atoms with E-state index in [0.717, 1.165) is 12.8 Å². The van der Waals surface area contributed by atoms with E-state index in [4.69, 9.17) is 10.8 Å². The molecule has 2 atom stereocenters. The number of hydrogen-bond donors (Lipinski definition) is 4. The number of unbranched alkanes of at least 4 members (excludes halogenated alkanes) is 1. The highest BCUT2D eigenvalue weighted by molar-refractivity contribution is 5.74. The quantitative estimate of drug-likeness (QED) is 0.429. The normalized spacial score (nSPS) is 13.2. The van der Waals surface area contributed by atoms with Gasteiger partial charge in [0.1, 0.15) is 0 Å². The van der Waals surface area contributed by atoms with E-state index in [9.17, 15) is 14.4 Å². The van der Waals surface area contributed by atoms with Crippen molar-refractivity contribution in [3.05, 3.63) is 0 Å². The Kier molecular flexibility index (Phi) is 10.0. The number of urea groups is 1. The molecule has 5 N–H and O–H groups in total. The average molecular weight is 301 g/mol. The van der Waals surface area contributed by atoms with Gasteiger partial charge >= 0.3 is 12.0 Å². The second-order valence-electron chi connectivity index (χ2n) is 5.39. The molecule has 122 valence electrons. The van der Waals surface area contributed by atoms with Crippen LogP contribution >= 0.6 is 0 Å². The summed E-state index contributed by atoms with van der Waals surface area (Å²) in [6.07, 6.45) is 3.82. The molecule has 0 spiro atoms. The van der Waals surface area contributed by atoms with E-state index in [1.165, 1.54) is 0 Å². The molecule has 0 heterocycles. The number of carboxylic acids is 1. The predicted octanol–water partition coefficient (Wildman–Crippen LogP) is 1.22. The molecule has 0 fully saturated rings. The lowest BCUT2D eigenvalue weighted by Gasteiger charge is -2.15. The Hall–Kier alpha value is -1.79. The summed E-state index contributed by atoms with van der Waals surface area (Å²) in [5, 5.41) is 14.3. The molecule has 0 saturated carbocycles. The number of amides is 3. The molecule has 0 saturated heterocycles. The van der Waals surface area contributed by atoms with Crippen molar-refractivity contribution >= 4 is 17.9 Å². The standard InChI is InChI=1S/C14H27N3O4/c1-10(13(19)20)6-5-7-11(2)17-14(21)16-9-4-3-8-12(15)18/h10-11H,3-9H2,1-2H3,(H2,15,18)(H,19,20)(H2,16,17,21). The van der Waals surface area contributed by atoms with Crippen LogP contribution in [0.3, 0.4) is 0 Å². The number of rotatable bonds is 11. The molecule has 7 heteroatoms. The van der Waals surface area contributed by atoms with Gasteiger partial charge in [-0.2, -0.15) is 0 Å². The smallest absolute Gasteiger partial charge is 0.314 e. The summed E-state index contributed by atoms with van der Waals surface area (Å²) in [4.78, 5) is 32.7. The maximum atomic E-state index is 11.5. The van der Waals surface area contributed by atoms with Gasteiger partial charge in [0.05, 0.1) is 5.92 Å². The minimum atomic E-state index is -0.788. The third kappa shape index (κ3) is 11.7. The number of carbonyl (C=O) groups is 3. The van der Waals surface area contributed by atoms with Crippen molar-refractivity contribution in [2.45, 2.75) is 58.4 Å². The van der Waals surface area contributed by atoms with Gasteiger partial charge < -0.3 is 21.5 Å². The summed E-state index contributed by atoms with van der Waals surface area (Å²) in [5.41, 5.74) is 5.01. The maximum Gasteiger partial charge on any atom is 0.314 e. The molecule has 0 aliphatic carbocycles. The molecular formula is C14H27N3O4. The fraction of sp³-hybridized carbons (Fsp3) is 0.786. The molecule has 0 rings (SSSR count). The minimum Gasteiger partial charge on any atom is -0.481 e. The lowest BCUT2D eigenvalue weighted by atomic mass is 10.0. The number of hydrogen-bond acceptors (Lipinski definition) is 3. The fourth-order valence-corrected chi connectivity index (χ4v) is 1.83. The summed E-state index contributed by atoms with van der Waals surface area (Å²) in [5.74, 6) is -1.47. The van der Waals surface area contributed by atoms with Crippen molar-refractivity contribution in [2.24, 2.45) is 11.7 Å². The first kappa shape index (κ1) is 19.2. The SMILES string of the molecule is CC(CCCC(C)C(=O)O)NC(=O)NCCCCC(N)=O. The zero-order chi connectivity index (χ0) is 16.3. The van der Waals surface area contributed by atoms with E-state index in [2.05, 4.69) is 10.6 Å². The Morgan fingerprint density at radius 2 is 1.76 bits per heavy atom. The first-order valence-corrected chi connectivity index (χ1v) is 7.38. The number of carbonyl (C=O) groups excluding carboxylic acids is 2. The molecule has 0 bridgehead atoms. The van der Waals surface area contributed by atoms with Gasteiger partial charge in [-0.1, -0.05) is 13.3 Å². The third-order valence-electron chi connectivity index (χ3n) is 3.21. The third-order valence-corrected chi connectivity index (χ3v) is 3.21. The fourth-order valence-electron chi connectivity index (χ4n) is 1.83. The molecule has 0 radical (unpaired) electrons. The molecule has 3 amide bonds.